The van der Waals surface area contributed by atoms with E-state index in [4.69, 9.17) is 28.3 Å². The Morgan fingerprint density at radius 3 is 2.54 bits per heavy atom. The van der Waals surface area contributed by atoms with E-state index in [0.717, 1.165) is 27.3 Å². The first kappa shape index (κ1) is 18.7. The van der Waals surface area contributed by atoms with Crippen LogP contribution >= 0.6 is 34.5 Å². The van der Waals surface area contributed by atoms with Crippen LogP contribution in [0.25, 0.3) is 11.3 Å². The van der Waals surface area contributed by atoms with Crippen LogP contribution in [0, 0.1) is 0 Å². The van der Waals surface area contributed by atoms with Gasteiger partial charge in [-0.15, -0.1) is 11.3 Å². The summed E-state index contributed by atoms with van der Waals surface area (Å²) in [6, 6.07) is 12.3. The Morgan fingerprint density at radius 1 is 1.15 bits per heavy atom. The molecule has 134 valence electrons. The first-order chi connectivity index (χ1) is 12.5. The van der Waals surface area contributed by atoms with Crippen molar-refractivity contribution in [2.45, 2.75) is 13.8 Å². The molecular weight excluding hydrogens is 389 g/mol. The van der Waals surface area contributed by atoms with E-state index < -0.39 is 0 Å². The molecule has 0 unspecified atom stereocenters. The summed E-state index contributed by atoms with van der Waals surface area (Å²) in [4.78, 5) is 5.31. The van der Waals surface area contributed by atoms with Gasteiger partial charge in [-0.25, -0.2) is 4.68 Å². The predicted molar refractivity (Wildman–Crippen MR) is 110 cm³/mol. The van der Waals surface area contributed by atoms with Crippen LogP contribution in [0.1, 0.15) is 19.4 Å². The second kappa shape index (κ2) is 8.08. The molecule has 3 rings (SSSR count). The normalized spacial score (nSPS) is 12.6. The van der Waals surface area contributed by atoms with Gasteiger partial charge in [0.05, 0.1) is 16.4 Å². The standard InChI is InChI=1S/C19H17Cl2N3OS/c1-3-22-19-24(23-12(2)13-4-7-15(25)8-5-13)18(11-26-19)16-9-6-14(20)10-17(16)21/h4-11,25H,3H2,1-2H3. The molecule has 1 heterocycles. The van der Waals surface area contributed by atoms with Gasteiger partial charge < -0.3 is 5.11 Å². The zero-order chi connectivity index (χ0) is 18.7. The fourth-order valence-corrected chi connectivity index (χ4v) is 3.82. The fourth-order valence-electron chi connectivity index (χ4n) is 2.43. The zero-order valence-corrected chi connectivity index (χ0v) is 16.6. The summed E-state index contributed by atoms with van der Waals surface area (Å²) in [6.45, 7) is 4.55. The Hall–Kier alpha value is -2.08. The predicted octanol–water partition coefficient (Wildman–Crippen LogP) is 5.42. The molecule has 0 aliphatic rings. The van der Waals surface area contributed by atoms with E-state index in [-0.39, 0.29) is 5.75 Å². The summed E-state index contributed by atoms with van der Waals surface area (Å²) >= 11 is 13.9. The average Bonchev–Trinajstić information content (AvgIpc) is 2.98. The summed E-state index contributed by atoms with van der Waals surface area (Å²) in [5.74, 6) is 0.222. The number of phenolic OH excluding ortho intramolecular Hbond substituents is 1. The van der Waals surface area contributed by atoms with Gasteiger partial charge in [0, 0.05) is 22.5 Å². The minimum absolute atomic E-state index is 0.222. The molecule has 0 radical (unpaired) electrons. The Kier molecular flexibility index (Phi) is 5.81. The van der Waals surface area contributed by atoms with Gasteiger partial charge in [0.25, 0.3) is 0 Å². The van der Waals surface area contributed by atoms with E-state index in [2.05, 4.69) is 4.99 Å². The smallest absolute Gasteiger partial charge is 0.206 e. The maximum atomic E-state index is 9.47. The number of phenols is 1. The molecule has 7 heteroatoms. The Morgan fingerprint density at radius 2 is 1.88 bits per heavy atom. The molecule has 3 aromatic rings. The van der Waals surface area contributed by atoms with Crippen molar-refractivity contribution in [3.8, 4) is 17.0 Å². The van der Waals surface area contributed by atoms with E-state index in [1.165, 1.54) is 11.3 Å². The second-order valence-corrected chi connectivity index (χ2v) is 7.23. The van der Waals surface area contributed by atoms with Crippen molar-refractivity contribution in [2.75, 3.05) is 6.54 Å². The quantitative estimate of drug-likeness (QED) is 0.578. The van der Waals surface area contributed by atoms with Crippen molar-refractivity contribution < 1.29 is 5.11 Å². The number of nitrogens with zero attached hydrogens (tertiary/aromatic N) is 3. The van der Waals surface area contributed by atoms with Gasteiger partial charge in [-0.05, 0) is 61.9 Å². The molecule has 0 saturated carbocycles. The number of hydrogen-bond donors (Lipinski definition) is 1. The molecule has 0 aliphatic heterocycles. The lowest BCUT2D eigenvalue weighted by Gasteiger charge is -2.08. The topological polar surface area (TPSA) is 49.9 Å². The van der Waals surface area contributed by atoms with E-state index in [1.807, 2.05) is 37.4 Å². The van der Waals surface area contributed by atoms with Gasteiger partial charge in [0.2, 0.25) is 4.80 Å². The molecule has 0 atom stereocenters. The van der Waals surface area contributed by atoms with Crippen molar-refractivity contribution in [1.29, 1.82) is 0 Å². The molecule has 0 spiro atoms. The number of thiazole rings is 1. The van der Waals surface area contributed by atoms with Gasteiger partial charge in [-0.3, -0.25) is 4.99 Å². The number of benzene rings is 2. The Balaban J connectivity index is 2.16. The molecule has 2 aromatic carbocycles. The molecule has 0 saturated heterocycles. The third-order valence-electron chi connectivity index (χ3n) is 3.72. The average molecular weight is 406 g/mol. The van der Waals surface area contributed by atoms with Crippen molar-refractivity contribution in [1.82, 2.24) is 4.68 Å². The lowest BCUT2D eigenvalue weighted by Crippen LogP contribution is -2.14. The zero-order valence-electron chi connectivity index (χ0n) is 14.3. The van der Waals surface area contributed by atoms with Crippen LogP contribution in [-0.2, 0) is 0 Å². The van der Waals surface area contributed by atoms with E-state index >= 15 is 0 Å². The fraction of sp³-hybridized carbons (Fsp3) is 0.158. The summed E-state index contributed by atoms with van der Waals surface area (Å²) in [5.41, 5.74) is 3.40. The number of aromatic nitrogens is 1. The molecule has 26 heavy (non-hydrogen) atoms. The van der Waals surface area contributed by atoms with Crippen molar-refractivity contribution >= 4 is 40.3 Å². The Bertz CT molecular complexity index is 1020. The van der Waals surface area contributed by atoms with Crippen LogP contribution in [0.2, 0.25) is 10.0 Å². The van der Waals surface area contributed by atoms with Crippen LogP contribution in [-0.4, -0.2) is 22.0 Å². The van der Waals surface area contributed by atoms with Crippen LogP contribution in [0.3, 0.4) is 0 Å². The van der Waals surface area contributed by atoms with Gasteiger partial charge in [-0.1, -0.05) is 23.2 Å². The highest BCUT2D eigenvalue weighted by Gasteiger charge is 2.12. The van der Waals surface area contributed by atoms with E-state index in [1.54, 1.807) is 28.9 Å². The minimum Gasteiger partial charge on any atom is -0.508 e. The highest BCUT2D eigenvalue weighted by molar-refractivity contribution is 7.07. The highest BCUT2D eigenvalue weighted by Crippen LogP contribution is 2.30. The van der Waals surface area contributed by atoms with Crippen molar-refractivity contribution in [3.05, 3.63) is 68.3 Å². The summed E-state index contributed by atoms with van der Waals surface area (Å²) in [7, 11) is 0. The van der Waals surface area contributed by atoms with Crippen LogP contribution in [0.5, 0.6) is 5.75 Å². The summed E-state index contributed by atoms with van der Waals surface area (Å²) in [6.07, 6.45) is 0. The second-order valence-electron chi connectivity index (χ2n) is 5.55. The van der Waals surface area contributed by atoms with E-state index in [0.29, 0.717) is 16.6 Å². The molecule has 1 aromatic heterocycles. The van der Waals surface area contributed by atoms with Gasteiger partial charge >= 0.3 is 0 Å². The van der Waals surface area contributed by atoms with Gasteiger partial charge in [-0.2, -0.15) is 5.10 Å². The molecular formula is C19H17Cl2N3OS. The van der Waals surface area contributed by atoms with Crippen molar-refractivity contribution in [2.24, 2.45) is 10.1 Å². The van der Waals surface area contributed by atoms with Gasteiger partial charge in [0.1, 0.15) is 5.75 Å². The van der Waals surface area contributed by atoms with E-state index in [9.17, 15) is 5.11 Å². The highest BCUT2D eigenvalue weighted by atomic mass is 35.5. The number of rotatable bonds is 4. The first-order valence-corrected chi connectivity index (χ1v) is 9.64. The van der Waals surface area contributed by atoms with Gasteiger partial charge in [0.15, 0.2) is 0 Å². The molecule has 0 aliphatic carbocycles. The third kappa shape index (κ3) is 4.01. The van der Waals surface area contributed by atoms with Crippen LogP contribution < -0.4 is 4.80 Å². The third-order valence-corrected chi connectivity index (χ3v) is 5.12. The first-order valence-electron chi connectivity index (χ1n) is 8.01. The molecule has 1 N–H and O–H groups in total. The molecule has 0 fully saturated rings. The summed E-state index contributed by atoms with van der Waals surface area (Å²) in [5, 5.41) is 17.4. The van der Waals surface area contributed by atoms with Crippen molar-refractivity contribution in [3.63, 3.8) is 0 Å². The number of aromatic hydroxyl groups is 1. The lowest BCUT2D eigenvalue weighted by molar-refractivity contribution is 0.475. The molecule has 0 bridgehead atoms. The number of halogens is 2. The molecule has 4 nitrogen and oxygen atoms in total. The van der Waals surface area contributed by atoms with Crippen LogP contribution in [0.4, 0.5) is 0 Å². The van der Waals surface area contributed by atoms with Crippen LogP contribution in [0.15, 0.2) is 57.9 Å². The Labute approximate surface area is 165 Å². The minimum atomic E-state index is 0.222. The monoisotopic (exact) mass is 405 g/mol. The number of hydrogen-bond acceptors (Lipinski definition) is 4. The maximum Gasteiger partial charge on any atom is 0.206 e. The largest absolute Gasteiger partial charge is 0.508 e. The summed E-state index contributed by atoms with van der Waals surface area (Å²) < 4.78 is 1.80. The maximum absolute atomic E-state index is 9.47. The SMILES string of the molecule is CCN=c1scc(-c2ccc(Cl)cc2Cl)n1N=C(C)c1ccc(O)cc1. The lowest BCUT2D eigenvalue weighted by atomic mass is 10.1. The molecule has 0 amide bonds.